The third-order valence-electron chi connectivity index (χ3n) is 4.81. The molecule has 4 nitrogen and oxygen atoms in total. The predicted octanol–water partition coefficient (Wildman–Crippen LogP) is 1.32. The SMILES string of the molecule is CNCC1(C)CCCCN1C(=O)CC1CCN(C)C1. The van der Waals surface area contributed by atoms with Gasteiger partial charge in [0.05, 0.1) is 5.54 Å². The first-order valence-electron chi connectivity index (χ1n) is 7.69. The lowest BCUT2D eigenvalue weighted by Gasteiger charge is -2.45. The smallest absolute Gasteiger partial charge is 0.223 e. The Bertz CT molecular complexity index is 317. The quantitative estimate of drug-likeness (QED) is 0.834. The summed E-state index contributed by atoms with van der Waals surface area (Å²) in [5.41, 5.74) is 0.0224. The van der Waals surface area contributed by atoms with E-state index in [-0.39, 0.29) is 5.54 Å². The number of likely N-dealkylation sites (N-methyl/N-ethyl adjacent to an activating group) is 1. The minimum Gasteiger partial charge on any atom is -0.336 e. The Kier molecular flexibility index (Phi) is 4.85. The Hall–Kier alpha value is -0.610. The molecular weight excluding hydrogens is 238 g/mol. The van der Waals surface area contributed by atoms with Crippen LogP contribution in [-0.2, 0) is 4.79 Å². The molecule has 2 heterocycles. The van der Waals surface area contributed by atoms with Crippen molar-refractivity contribution >= 4 is 5.91 Å². The van der Waals surface area contributed by atoms with Gasteiger partial charge in [-0.05, 0) is 59.2 Å². The van der Waals surface area contributed by atoms with Gasteiger partial charge in [0.25, 0.3) is 0 Å². The monoisotopic (exact) mass is 267 g/mol. The highest BCUT2D eigenvalue weighted by atomic mass is 16.2. The fourth-order valence-corrected chi connectivity index (χ4v) is 3.72. The number of carbonyl (C=O) groups is 1. The summed E-state index contributed by atoms with van der Waals surface area (Å²) < 4.78 is 0. The van der Waals surface area contributed by atoms with Gasteiger partial charge < -0.3 is 15.1 Å². The normalized spacial score (nSPS) is 32.8. The zero-order valence-electron chi connectivity index (χ0n) is 12.7. The Labute approximate surface area is 117 Å². The van der Waals surface area contributed by atoms with Crippen molar-refractivity contribution in [3.05, 3.63) is 0 Å². The summed E-state index contributed by atoms with van der Waals surface area (Å²) in [4.78, 5) is 17.1. The van der Waals surface area contributed by atoms with E-state index in [0.29, 0.717) is 11.8 Å². The summed E-state index contributed by atoms with van der Waals surface area (Å²) in [6.45, 7) is 6.32. The number of hydrogen-bond acceptors (Lipinski definition) is 3. The summed E-state index contributed by atoms with van der Waals surface area (Å²) in [5, 5.41) is 3.26. The van der Waals surface area contributed by atoms with Crippen LogP contribution in [-0.4, -0.2) is 61.5 Å². The lowest BCUT2D eigenvalue weighted by atomic mass is 9.87. The van der Waals surface area contributed by atoms with Gasteiger partial charge >= 0.3 is 0 Å². The number of amides is 1. The minimum atomic E-state index is 0.0224. The maximum absolute atomic E-state index is 12.6. The van der Waals surface area contributed by atoms with Gasteiger partial charge in [-0.1, -0.05) is 0 Å². The number of hydrogen-bond donors (Lipinski definition) is 1. The van der Waals surface area contributed by atoms with Gasteiger partial charge in [-0.25, -0.2) is 0 Å². The molecule has 0 spiro atoms. The first kappa shape index (κ1) is 14.8. The van der Waals surface area contributed by atoms with Crippen molar-refractivity contribution in [1.82, 2.24) is 15.1 Å². The molecule has 2 saturated heterocycles. The molecule has 2 atom stereocenters. The van der Waals surface area contributed by atoms with Crippen LogP contribution in [0, 0.1) is 5.92 Å². The second kappa shape index (κ2) is 6.23. The second-order valence-corrected chi connectivity index (χ2v) is 6.65. The number of piperidine rings is 1. The van der Waals surface area contributed by atoms with Crippen LogP contribution < -0.4 is 5.32 Å². The number of rotatable bonds is 4. The van der Waals surface area contributed by atoms with Gasteiger partial charge in [-0.2, -0.15) is 0 Å². The average molecular weight is 267 g/mol. The zero-order chi connectivity index (χ0) is 13.9. The summed E-state index contributed by atoms with van der Waals surface area (Å²) in [6.07, 6.45) is 5.45. The fraction of sp³-hybridized carbons (Fsp3) is 0.933. The first-order valence-corrected chi connectivity index (χ1v) is 7.69. The Morgan fingerprint density at radius 1 is 1.37 bits per heavy atom. The van der Waals surface area contributed by atoms with E-state index in [0.717, 1.165) is 45.4 Å². The van der Waals surface area contributed by atoms with Gasteiger partial charge in [0, 0.05) is 26.1 Å². The van der Waals surface area contributed by atoms with E-state index in [2.05, 4.69) is 29.1 Å². The van der Waals surface area contributed by atoms with E-state index in [1.807, 2.05) is 7.05 Å². The van der Waals surface area contributed by atoms with Crippen molar-refractivity contribution in [1.29, 1.82) is 0 Å². The number of carbonyl (C=O) groups excluding carboxylic acids is 1. The van der Waals surface area contributed by atoms with Gasteiger partial charge in [-0.3, -0.25) is 4.79 Å². The molecule has 0 bridgehead atoms. The standard InChI is InChI=1S/C15H29N3O/c1-15(12-16-2)7-4-5-8-18(15)14(19)10-13-6-9-17(3)11-13/h13,16H,4-12H2,1-3H3. The predicted molar refractivity (Wildman–Crippen MR) is 78.1 cm³/mol. The van der Waals surface area contributed by atoms with Crippen molar-refractivity contribution in [3.8, 4) is 0 Å². The van der Waals surface area contributed by atoms with Crippen molar-refractivity contribution in [2.75, 3.05) is 40.3 Å². The van der Waals surface area contributed by atoms with Crippen molar-refractivity contribution < 1.29 is 4.79 Å². The molecule has 0 aromatic heterocycles. The summed E-state index contributed by atoms with van der Waals surface area (Å²) in [6, 6.07) is 0. The van der Waals surface area contributed by atoms with E-state index in [9.17, 15) is 4.79 Å². The third-order valence-corrected chi connectivity index (χ3v) is 4.81. The van der Waals surface area contributed by atoms with Gasteiger partial charge in [-0.15, -0.1) is 0 Å². The molecule has 2 aliphatic rings. The molecule has 0 aromatic carbocycles. The van der Waals surface area contributed by atoms with E-state index < -0.39 is 0 Å². The lowest BCUT2D eigenvalue weighted by molar-refractivity contribution is -0.140. The van der Waals surface area contributed by atoms with Crippen LogP contribution in [0.4, 0.5) is 0 Å². The molecule has 110 valence electrons. The van der Waals surface area contributed by atoms with Crippen LogP contribution >= 0.6 is 0 Å². The average Bonchev–Trinajstić information content (AvgIpc) is 2.75. The van der Waals surface area contributed by atoms with Gasteiger partial charge in [0.1, 0.15) is 0 Å². The van der Waals surface area contributed by atoms with Crippen LogP contribution in [0.5, 0.6) is 0 Å². The second-order valence-electron chi connectivity index (χ2n) is 6.65. The third kappa shape index (κ3) is 3.48. The molecule has 19 heavy (non-hydrogen) atoms. The number of likely N-dealkylation sites (tertiary alicyclic amines) is 2. The highest BCUT2D eigenvalue weighted by Gasteiger charge is 2.37. The van der Waals surface area contributed by atoms with Crippen LogP contribution in [0.15, 0.2) is 0 Å². The fourth-order valence-electron chi connectivity index (χ4n) is 3.72. The lowest BCUT2D eigenvalue weighted by Crippen LogP contribution is -2.57. The molecule has 0 radical (unpaired) electrons. The molecule has 2 rings (SSSR count). The first-order chi connectivity index (χ1) is 9.05. The van der Waals surface area contributed by atoms with E-state index in [4.69, 9.17) is 0 Å². The van der Waals surface area contributed by atoms with E-state index in [1.54, 1.807) is 0 Å². The molecule has 2 aliphatic heterocycles. The maximum Gasteiger partial charge on any atom is 0.223 e. The van der Waals surface area contributed by atoms with Crippen LogP contribution in [0.3, 0.4) is 0 Å². The van der Waals surface area contributed by atoms with Crippen molar-refractivity contribution in [3.63, 3.8) is 0 Å². The highest BCUT2D eigenvalue weighted by molar-refractivity contribution is 5.77. The topological polar surface area (TPSA) is 35.6 Å². The number of nitrogens with zero attached hydrogens (tertiary/aromatic N) is 2. The highest BCUT2D eigenvalue weighted by Crippen LogP contribution is 2.29. The van der Waals surface area contributed by atoms with Gasteiger partial charge in [0.2, 0.25) is 5.91 Å². The van der Waals surface area contributed by atoms with Crippen molar-refractivity contribution in [2.45, 2.75) is 44.6 Å². The van der Waals surface area contributed by atoms with Gasteiger partial charge in [0.15, 0.2) is 0 Å². The summed E-state index contributed by atoms with van der Waals surface area (Å²) in [5.74, 6) is 0.941. The molecule has 2 fully saturated rings. The van der Waals surface area contributed by atoms with Crippen LogP contribution in [0.1, 0.15) is 39.0 Å². The Balaban J connectivity index is 1.95. The van der Waals surface area contributed by atoms with Crippen molar-refractivity contribution in [2.24, 2.45) is 5.92 Å². The summed E-state index contributed by atoms with van der Waals surface area (Å²) >= 11 is 0. The molecule has 2 unspecified atom stereocenters. The molecule has 0 aliphatic carbocycles. The Morgan fingerprint density at radius 3 is 2.79 bits per heavy atom. The zero-order valence-corrected chi connectivity index (χ0v) is 12.7. The Morgan fingerprint density at radius 2 is 2.16 bits per heavy atom. The van der Waals surface area contributed by atoms with E-state index in [1.165, 1.54) is 12.8 Å². The maximum atomic E-state index is 12.6. The summed E-state index contributed by atoms with van der Waals surface area (Å²) in [7, 11) is 4.13. The van der Waals surface area contributed by atoms with Crippen LogP contribution in [0.25, 0.3) is 0 Å². The molecular formula is C15H29N3O. The molecule has 0 saturated carbocycles. The van der Waals surface area contributed by atoms with Crippen LogP contribution in [0.2, 0.25) is 0 Å². The minimum absolute atomic E-state index is 0.0224. The number of nitrogens with one attached hydrogen (secondary N) is 1. The molecule has 1 N–H and O–H groups in total. The largest absolute Gasteiger partial charge is 0.336 e. The molecule has 1 amide bonds. The molecule has 0 aromatic rings. The van der Waals surface area contributed by atoms with E-state index >= 15 is 0 Å². The molecule has 4 heteroatoms.